The van der Waals surface area contributed by atoms with E-state index in [1.165, 1.54) is 6.92 Å². The highest BCUT2D eigenvalue weighted by Crippen LogP contribution is 2.32. The number of ether oxygens (including phenoxy) is 2. The number of hydrogen-bond acceptors (Lipinski definition) is 4. The minimum Gasteiger partial charge on any atom is -0.490 e. The Labute approximate surface area is 146 Å². The molecule has 1 aliphatic rings. The molecule has 0 bridgehead atoms. The van der Waals surface area contributed by atoms with Gasteiger partial charge in [0.2, 0.25) is 0 Å². The average molecular weight is 342 g/mol. The lowest BCUT2D eigenvalue weighted by atomic mass is 10.0. The number of fused-ring (bicyclic) bond motifs is 1. The van der Waals surface area contributed by atoms with E-state index in [9.17, 15) is 9.59 Å². The molecule has 0 fully saturated rings. The van der Waals surface area contributed by atoms with Crippen molar-refractivity contribution in [3.63, 3.8) is 0 Å². The topological polar surface area (TPSA) is 80.4 Å². The molecule has 3 rings (SSSR count). The van der Waals surface area contributed by atoms with Crippen LogP contribution in [0.5, 0.6) is 11.5 Å². The molecule has 25 heavy (non-hydrogen) atoms. The molecule has 0 spiro atoms. The lowest BCUT2D eigenvalue weighted by molar-refractivity contribution is 0.101. The molecule has 6 heteroatoms. The SMILES string of the molecule is CCc1c(C(=O)Nc2ccc3c(c2)OCCCO3)[nH]c(C)c1C(C)=O. The summed E-state index contributed by atoms with van der Waals surface area (Å²) >= 11 is 0. The Hall–Kier alpha value is -2.76. The number of rotatable bonds is 4. The number of Topliss-reactive ketones (excluding diaryl/α,β-unsaturated/α-hetero) is 1. The Bertz CT molecular complexity index is 823. The molecule has 6 nitrogen and oxygen atoms in total. The van der Waals surface area contributed by atoms with E-state index in [0.717, 1.165) is 12.0 Å². The molecule has 2 aromatic rings. The molecule has 1 aromatic carbocycles. The lowest BCUT2D eigenvalue weighted by Gasteiger charge is -2.10. The summed E-state index contributed by atoms with van der Waals surface area (Å²) in [5.74, 6) is 0.986. The third-order valence-electron chi connectivity index (χ3n) is 4.23. The number of aromatic amines is 1. The van der Waals surface area contributed by atoms with E-state index in [0.29, 0.717) is 53.8 Å². The van der Waals surface area contributed by atoms with Crippen LogP contribution in [-0.2, 0) is 6.42 Å². The number of amides is 1. The molecule has 0 unspecified atom stereocenters. The van der Waals surface area contributed by atoms with Gasteiger partial charge >= 0.3 is 0 Å². The van der Waals surface area contributed by atoms with Crippen molar-refractivity contribution in [1.29, 1.82) is 0 Å². The van der Waals surface area contributed by atoms with Crippen LogP contribution in [0.2, 0.25) is 0 Å². The molecule has 1 aromatic heterocycles. The van der Waals surface area contributed by atoms with E-state index in [2.05, 4.69) is 10.3 Å². The number of aromatic nitrogens is 1. The molecule has 0 atom stereocenters. The minimum absolute atomic E-state index is 0.0415. The maximum absolute atomic E-state index is 12.7. The van der Waals surface area contributed by atoms with Gasteiger partial charge in [0.1, 0.15) is 5.69 Å². The molecule has 2 N–H and O–H groups in total. The molecule has 2 heterocycles. The van der Waals surface area contributed by atoms with Crippen LogP contribution in [0.1, 0.15) is 52.4 Å². The van der Waals surface area contributed by atoms with Crippen molar-refractivity contribution < 1.29 is 19.1 Å². The maximum atomic E-state index is 12.7. The summed E-state index contributed by atoms with van der Waals surface area (Å²) < 4.78 is 11.2. The summed E-state index contributed by atoms with van der Waals surface area (Å²) in [5, 5.41) is 2.87. The number of H-pyrrole nitrogens is 1. The highest BCUT2D eigenvalue weighted by atomic mass is 16.5. The second kappa shape index (κ2) is 7.01. The van der Waals surface area contributed by atoms with Crippen molar-refractivity contribution >= 4 is 17.4 Å². The van der Waals surface area contributed by atoms with Gasteiger partial charge in [0.05, 0.1) is 13.2 Å². The van der Waals surface area contributed by atoms with Crippen LogP contribution in [-0.4, -0.2) is 29.9 Å². The van der Waals surface area contributed by atoms with Crippen LogP contribution < -0.4 is 14.8 Å². The van der Waals surface area contributed by atoms with E-state index < -0.39 is 0 Å². The van der Waals surface area contributed by atoms with E-state index in [1.807, 2.05) is 6.92 Å². The molecule has 0 radical (unpaired) electrons. The number of anilines is 1. The van der Waals surface area contributed by atoms with Gasteiger partial charge in [0.15, 0.2) is 17.3 Å². The van der Waals surface area contributed by atoms with Crippen LogP contribution >= 0.6 is 0 Å². The van der Waals surface area contributed by atoms with Crippen molar-refractivity contribution in [1.82, 2.24) is 4.98 Å². The van der Waals surface area contributed by atoms with Crippen LogP contribution in [0.25, 0.3) is 0 Å². The Morgan fingerprint density at radius 2 is 1.92 bits per heavy atom. The summed E-state index contributed by atoms with van der Waals surface area (Å²) in [6.07, 6.45) is 1.43. The number of ketones is 1. The molecular formula is C19H22N2O4. The predicted molar refractivity (Wildman–Crippen MR) is 94.9 cm³/mol. The van der Waals surface area contributed by atoms with Crippen LogP contribution in [0, 0.1) is 6.92 Å². The molecule has 0 aliphatic carbocycles. The Kier molecular flexibility index (Phi) is 4.79. The number of hydrogen-bond donors (Lipinski definition) is 2. The van der Waals surface area contributed by atoms with Gasteiger partial charge in [-0.15, -0.1) is 0 Å². The summed E-state index contributed by atoms with van der Waals surface area (Å²) in [7, 11) is 0. The zero-order valence-corrected chi connectivity index (χ0v) is 14.7. The first kappa shape index (κ1) is 17.1. The van der Waals surface area contributed by atoms with E-state index in [-0.39, 0.29) is 11.7 Å². The summed E-state index contributed by atoms with van der Waals surface area (Å²) in [6.45, 7) is 6.46. The van der Waals surface area contributed by atoms with E-state index in [1.54, 1.807) is 25.1 Å². The standard InChI is InChI=1S/C19H22N2O4/c1-4-14-17(12(3)22)11(2)20-18(14)19(23)21-13-6-7-15-16(10-13)25-9-5-8-24-15/h6-7,10,20H,4-5,8-9H2,1-3H3,(H,21,23). The monoisotopic (exact) mass is 342 g/mol. The average Bonchev–Trinajstić information content (AvgIpc) is 2.75. The van der Waals surface area contributed by atoms with Crippen LogP contribution in [0.3, 0.4) is 0 Å². The highest BCUT2D eigenvalue weighted by Gasteiger charge is 2.22. The fourth-order valence-corrected chi connectivity index (χ4v) is 3.14. The normalized spacial score (nSPS) is 13.2. The van der Waals surface area contributed by atoms with Crippen molar-refractivity contribution in [3.05, 3.63) is 40.7 Å². The third kappa shape index (κ3) is 3.38. The number of benzene rings is 1. The number of carbonyl (C=O) groups is 2. The Morgan fingerprint density at radius 1 is 1.20 bits per heavy atom. The van der Waals surface area contributed by atoms with Gasteiger partial charge in [-0.1, -0.05) is 6.92 Å². The van der Waals surface area contributed by atoms with Gasteiger partial charge in [-0.05, 0) is 38.0 Å². The number of aryl methyl sites for hydroxylation is 1. The van der Waals surface area contributed by atoms with Gasteiger partial charge in [-0.25, -0.2) is 0 Å². The molecule has 1 aliphatic heterocycles. The first-order valence-electron chi connectivity index (χ1n) is 8.44. The molecule has 1 amide bonds. The number of carbonyl (C=O) groups excluding carboxylic acids is 2. The predicted octanol–water partition coefficient (Wildman–Crippen LogP) is 3.50. The van der Waals surface area contributed by atoms with Gasteiger partial charge in [0, 0.05) is 29.4 Å². The molecular weight excluding hydrogens is 320 g/mol. The van der Waals surface area contributed by atoms with Crippen molar-refractivity contribution in [3.8, 4) is 11.5 Å². The summed E-state index contributed by atoms with van der Waals surface area (Å²) in [6, 6.07) is 5.32. The van der Waals surface area contributed by atoms with Crippen LogP contribution in [0.4, 0.5) is 5.69 Å². The number of nitrogens with one attached hydrogen (secondary N) is 2. The Balaban J connectivity index is 1.87. The molecule has 0 saturated heterocycles. The first-order valence-corrected chi connectivity index (χ1v) is 8.44. The van der Waals surface area contributed by atoms with E-state index in [4.69, 9.17) is 9.47 Å². The third-order valence-corrected chi connectivity index (χ3v) is 4.23. The van der Waals surface area contributed by atoms with Crippen molar-refractivity contribution in [2.45, 2.75) is 33.6 Å². The zero-order chi connectivity index (χ0) is 18.0. The highest BCUT2D eigenvalue weighted by molar-refractivity contribution is 6.07. The molecule has 132 valence electrons. The maximum Gasteiger partial charge on any atom is 0.272 e. The first-order chi connectivity index (χ1) is 12.0. The van der Waals surface area contributed by atoms with E-state index >= 15 is 0 Å². The van der Waals surface area contributed by atoms with Gasteiger partial charge < -0.3 is 19.8 Å². The zero-order valence-electron chi connectivity index (χ0n) is 14.7. The lowest BCUT2D eigenvalue weighted by Crippen LogP contribution is -2.15. The second-order valence-electron chi connectivity index (χ2n) is 6.05. The Morgan fingerprint density at radius 3 is 2.60 bits per heavy atom. The largest absolute Gasteiger partial charge is 0.490 e. The summed E-state index contributed by atoms with van der Waals surface area (Å²) in [4.78, 5) is 27.6. The van der Waals surface area contributed by atoms with Crippen molar-refractivity contribution in [2.75, 3.05) is 18.5 Å². The van der Waals surface area contributed by atoms with Gasteiger partial charge in [-0.2, -0.15) is 0 Å². The van der Waals surface area contributed by atoms with Crippen LogP contribution in [0.15, 0.2) is 18.2 Å². The minimum atomic E-state index is -0.276. The van der Waals surface area contributed by atoms with Gasteiger partial charge in [0.25, 0.3) is 5.91 Å². The van der Waals surface area contributed by atoms with Crippen molar-refractivity contribution in [2.24, 2.45) is 0 Å². The molecule has 0 saturated carbocycles. The smallest absolute Gasteiger partial charge is 0.272 e. The van der Waals surface area contributed by atoms with Gasteiger partial charge in [-0.3, -0.25) is 9.59 Å². The fourth-order valence-electron chi connectivity index (χ4n) is 3.14. The summed E-state index contributed by atoms with van der Waals surface area (Å²) in [5.41, 5.74) is 3.11. The second-order valence-corrected chi connectivity index (χ2v) is 6.05. The fraction of sp³-hybridized carbons (Fsp3) is 0.368. The quantitative estimate of drug-likeness (QED) is 0.833.